The van der Waals surface area contributed by atoms with Crippen LogP contribution in [0.25, 0.3) is 22.5 Å². The fraction of sp³-hybridized carbons (Fsp3) is 0.412. The van der Waals surface area contributed by atoms with Crippen LogP contribution < -0.4 is 10.6 Å². The topological polar surface area (TPSA) is 75.6 Å². The molecule has 0 saturated carbocycles. The van der Waals surface area contributed by atoms with Crippen LogP contribution in [-0.2, 0) is 0 Å². The molecule has 40 heavy (non-hydrogen) atoms. The minimum absolute atomic E-state index is 0.902. The number of aromatic nitrogens is 4. The highest BCUT2D eigenvalue weighted by atomic mass is 15.2. The maximum absolute atomic E-state index is 4.41. The number of anilines is 2. The van der Waals surface area contributed by atoms with E-state index in [1.54, 1.807) is 0 Å². The molecule has 4 rings (SSSR count). The van der Waals surface area contributed by atoms with E-state index in [4.69, 9.17) is 0 Å². The molecule has 6 heteroatoms. The normalized spacial score (nSPS) is 10.9. The molecule has 0 unspecified atom stereocenters. The van der Waals surface area contributed by atoms with Crippen molar-refractivity contribution in [3.63, 3.8) is 0 Å². The Bertz CT molecular complexity index is 1180. The quantitative estimate of drug-likeness (QED) is 0.132. The second kappa shape index (κ2) is 16.3. The highest BCUT2D eigenvalue weighted by molar-refractivity contribution is 5.62. The molecule has 0 saturated heterocycles. The van der Waals surface area contributed by atoms with Gasteiger partial charge in [-0.25, -0.2) is 0 Å². The Balaban J connectivity index is 0.971. The van der Waals surface area contributed by atoms with Crippen LogP contribution in [0.15, 0.2) is 72.8 Å². The molecule has 0 spiro atoms. The van der Waals surface area contributed by atoms with Gasteiger partial charge in [-0.05, 0) is 49.9 Å². The van der Waals surface area contributed by atoms with Crippen molar-refractivity contribution in [2.45, 2.75) is 78.1 Å². The Morgan fingerprint density at radius 3 is 1.15 bits per heavy atom. The minimum atomic E-state index is 0.902. The van der Waals surface area contributed by atoms with Gasteiger partial charge in [-0.1, -0.05) is 112 Å². The fourth-order valence-electron chi connectivity index (χ4n) is 4.90. The molecule has 2 aromatic carbocycles. The predicted molar refractivity (Wildman–Crippen MR) is 168 cm³/mol. The van der Waals surface area contributed by atoms with E-state index in [1.165, 1.54) is 64.2 Å². The number of rotatable bonds is 17. The number of nitrogens with zero attached hydrogens (tertiary/aromatic N) is 4. The third-order valence-corrected chi connectivity index (χ3v) is 7.30. The Labute approximate surface area is 240 Å². The molecule has 0 aliphatic rings. The van der Waals surface area contributed by atoms with Crippen molar-refractivity contribution in [2.75, 3.05) is 23.7 Å². The van der Waals surface area contributed by atoms with Crippen LogP contribution in [0.4, 0.5) is 11.6 Å². The van der Waals surface area contributed by atoms with Gasteiger partial charge in [-0.15, -0.1) is 20.4 Å². The van der Waals surface area contributed by atoms with Crippen molar-refractivity contribution >= 4 is 11.6 Å². The molecule has 2 heterocycles. The Morgan fingerprint density at radius 1 is 0.450 bits per heavy atom. The number of nitrogens with one attached hydrogen (secondary N) is 2. The maximum Gasteiger partial charge on any atom is 0.151 e. The molecule has 2 N–H and O–H groups in total. The number of benzene rings is 2. The summed E-state index contributed by atoms with van der Waals surface area (Å²) in [5.74, 6) is 1.80. The zero-order valence-electron chi connectivity index (χ0n) is 24.2. The SMILES string of the molecule is Cc1cc(-c2ccccc2)nnc1NCCCCCCCCCCCCNc1nnc(-c2ccccc2)cc1C. The summed E-state index contributed by atoms with van der Waals surface area (Å²) in [7, 11) is 0. The van der Waals surface area contributed by atoms with Crippen molar-refractivity contribution in [1.29, 1.82) is 0 Å². The lowest BCUT2D eigenvalue weighted by atomic mass is 10.1. The number of hydrogen-bond acceptors (Lipinski definition) is 6. The molecule has 2 aromatic heterocycles. The first-order chi connectivity index (χ1) is 19.7. The summed E-state index contributed by atoms with van der Waals surface area (Å²) >= 11 is 0. The van der Waals surface area contributed by atoms with E-state index in [0.717, 1.165) is 58.4 Å². The van der Waals surface area contributed by atoms with Crippen LogP contribution in [-0.4, -0.2) is 33.5 Å². The average molecular weight is 537 g/mol. The lowest BCUT2D eigenvalue weighted by molar-refractivity contribution is 0.557. The molecule has 0 aliphatic heterocycles. The summed E-state index contributed by atoms with van der Waals surface area (Å²) in [6.07, 6.45) is 12.9. The van der Waals surface area contributed by atoms with E-state index in [1.807, 2.05) is 36.4 Å². The van der Waals surface area contributed by atoms with Crippen LogP contribution in [0.5, 0.6) is 0 Å². The molecule has 0 fully saturated rings. The molecule has 0 bridgehead atoms. The molecular weight excluding hydrogens is 492 g/mol. The summed E-state index contributed by atoms with van der Waals surface area (Å²) in [6.45, 7) is 6.10. The summed E-state index contributed by atoms with van der Waals surface area (Å²) in [5, 5.41) is 24.5. The molecule has 6 nitrogen and oxygen atoms in total. The smallest absolute Gasteiger partial charge is 0.151 e. The van der Waals surface area contributed by atoms with E-state index in [2.05, 4.69) is 81.3 Å². The highest BCUT2D eigenvalue weighted by Crippen LogP contribution is 2.21. The molecule has 0 amide bonds. The van der Waals surface area contributed by atoms with Gasteiger partial charge in [-0.3, -0.25) is 0 Å². The third-order valence-electron chi connectivity index (χ3n) is 7.30. The van der Waals surface area contributed by atoms with Gasteiger partial charge < -0.3 is 10.6 Å². The Kier molecular flexibility index (Phi) is 11.9. The van der Waals surface area contributed by atoms with Crippen LogP contribution >= 0.6 is 0 Å². The first-order valence-corrected chi connectivity index (χ1v) is 15.0. The number of hydrogen-bond donors (Lipinski definition) is 2. The van der Waals surface area contributed by atoms with Crippen molar-refractivity contribution in [3.8, 4) is 22.5 Å². The van der Waals surface area contributed by atoms with E-state index in [0.29, 0.717) is 0 Å². The maximum atomic E-state index is 4.41. The lowest BCUT2D eigenvalue weighted by Crippen LogP contribution is -2.06. The molecule has 0 aliphatic carbocycles. The molecule has 0 atom stereocenters. The van der Waals surface area contributed by atoms with Crippen molar-refractivity contribution < 1.29 is 0 Å². The predicted octanol–water partition coefficient (Wildman–Crippen LogP) is 8.64. The summed E-state index contributed by atoms with van der Waals surface area (Å²) in [6, 6.07) is 24.7. The minimum Gasteiger partial charge on any atom is -0.368 e. The van der Waals surface area contributed by atoms with E-state index < -0.39 is 0 Å². The summed E-state index contributed by atoms with van der Waals surface area (Å²) in [4.78, 5) is 0. The van der Waals surface area contributed by atoms with Gasteiger partial charge in [0.2, 0.25) is 0 Å². The second-order valence-electron chi connectivity index (χ2n) is 10.6. The van der Waals surface area contributed by atoms with Crippen molar-refractivity contribution in [2.24, 2.45) is 0 Å². The van der Waals surface area contributed by atoms with Crippen LogP contribution in [0.2, 0.25) is 0 Å². The van der Waals surface area contributed by atoms with Gasteiger partial charge in [0.25, 0.3) is 0 Å². The monoisotopic (exact) mass is 536 g/mol. The van der Waals surface area contributed by atoms with Crippen LogP contribution in [0.3, 0.4) is 0 Å². The number of unbranched alkanes of at least 4 members (excludes halogenated alkanes) is 9. The summed E-state index contributed by atoms with van der Waals surface area (Å²) in [5.41, 5.74) is 6.35. The van der Waals surface area contributed by atoms with Gasteiger partial charge >= 0.3 is 0 Å². The van der Waals surface area contributed by atoms with Gasteiger partial charge in [0, 0.05) is 24.2 Å². The highest BCUT2D eigenvalue weighted by Gasteiger charge is 2.06. The molecule has 4 aromatic rings. The van der Waals surface area contributed by atoms with E-state index in [9.17, 15) is 0 Å². The van der Waals surface area contributed by atoms with E-state index >= 15 is 0 Å². The van der Waals surface area contributed by atoms with Gasteiger partial charge in [-0.2, -0.15) is 0 Å². The molecule has 0 radical (unpaired) electrons. The van der Waals surface area contributed by atoms with Gasteiger partial charge in [0.05, 0.1) is 11.4 Å². The summed E-state index contributed by atoms with van der Waals surface area (Å²) < 4.78 is 0. The van der Waals surface area contributed by atoms with E-state index in [-0.39, 0.29) is 0 Å². The van der Waals surface area contributed by atoms with Crippen molar-refractivity contribution in [1.82, 2.24) is 20.4 Å². The lowest BCUT2D eigenvalue weighted by Gasteiger charge is -2.09. The molecular formula is C34H44N6. The third kappa shape index (κ3) is 9.44. The molecule has 210 valence electrons. The fourth-order valence-corrected chi connectivity index (χ4v) is 4.90. The van der Waals surface area contributed by atoms with Crippen LogP contribution in [0.1, 0.15) is 75.3 Å². The Morgan fingerprint density at radius 2 is 0.800 bits per heavy atom. The van der Waals surface area contributed by atoms with Crippen molar-refractivity contribution in [3.05, 3.63) is 83.9 Å². The number of aryl methyl sites for hydroxylation is 2. The first kappa shape index (κ1) is 29.2. The van der Waals surface area contributed by atoms with Gasteiger partial charge in [0.15, 0.2) is 11.6 Å². The largest absolute Gasteiger partial charge is 0.368 e. The standard InChI is InChI=1S/C34H44N6/c1-27-25-31(29-19-13-11-14-20-29)37-39-33(27)35-23-17-9-7-5-3-4-6-8-10-18-24-36-34-28(2)26-32(38-40-34)30-21-15-12-16-22-30/h11-16,19-22,25-26H,3-10,17-18,23-24H2,1-2H3,(H,35,39)(H,36,40). The van der Waals surface area contributed by atoms with Crippen LogP contribution in [0, 0.1) is 13.8 Å². The first-order valence-electron chi connectivity index (χ1n) is 15.0. The second-order valence-corrected chi connectivity index (χ2v) is 10.6. The zero-order chi connectivity index (χ0) is 27.8. The Hall–Kier alpha value is -3.80. The zero-order valence-corrected chi connectivity index (χ0v) is 24.2. The van der Waals surface area contributed by atoms with Gasteiger partial charge in [0.1, 0.15) is 0 Å². The average Bonchev–Trinajstić information content (AvgIpc) is 2.99.